The Labute approximate surface area is 312 Å². The van der Waals surface area contributed by atoms with Crippen molar-refractivity contribution >= 4 is 29.1 Å². The summed E-state index contributed by atoms with van der Waals surface area (Å²) in [5.41, 5.74) is 4.52. The molecule has 2 amide bonds. The number of hydrogen-bond acceptors (Lipinski definition) is 8. The van der Waals surface area contributed by atoms with Crippen molar-refractivity contribution < 1.29 is 31.9 Å². The maximum Gasteiger partial charge on any atom is 0.414 e. The van der Waals surface area contributed by atoms with Gasteiger partial charge in [0.2, 0.25) is 18.2 Å². The van der Waals surface area contributed by atoms with Crippen LogP contribution in [-0.2, 0) is 21.4 Å². The van der Waals surface area contributed by atoms with E-state index in [2.05, 4.69) is 37.4 Å². The van der Waals surface area contributed by atoms with Gasteiger partial charge in [0.05, 0.1) is 11.4 Å². The van der Waals surface area contributed by atoms with E-state index in [9.17, 15) is 22.8 Å². The van der Waals surface area contributed by atoms with Crippen LogP contribution in [0, 0.1) is 17.5 Å². The fraction of sp³-hybridized carbons (Fsp3) is 0.463. The zero-order valence-electron chi connectivity index (χ0n) is 30.8. The first kappa shape index (κ1) is 35.9. The van der Waals surface area contributed by atoms with Gasteiger partial charge >= 0.3 is 6.09 Å². The molecule has 2 fully saturated rings. The van der Waals surface area contributed by atoms with Gasteiger partial charge in [0.25, 0.3) is 0 Å². The lowest BCUT2D eigenvalue weighted by atomic mass is 9.73. The second kappa shape index (κ2) is 14.0. The lowest BCUT2D eigenvalue weighted by Gasteiger charge is -2.43. The molecule has 4 aromatic rings. The summed E-state index contributed by atoms with van der Waals surface area (Å²) in [6.07, 6.45) is 5.48. The van der Waals surface area contributed by atoms with E-state index in [1.165, 1.54) is 12.1 Å². The summed E-state index contributed by atoms with van der Waals surface area (Å²) >= 11 is 0. The van der Waals surface area contributed by atoms with Crippen molar-refractivity contribution in [2.45, 2.75) is 94.7 Å². The van der Waals surface area contributed by atoms with Gasteiger partial charge in [0, 0.05) is 50.7 Å². The van der Waals surface area contributed by atoms with Crippen molar-refractivity contribution in [2.24, 2.45) is 0 Å². The van der Waals surface area contributed by atoms with Gasteiger partial charge in [-0.25, -0.2) is 18.0 Å². The highest BCUT2D eigenvalue weighted by Gasteiger charge is 2.47. The third kappa shape index (κ3) is 7.00. The van der Waals surface area contributed by atoms with Gasteiger partial charge < -0.3 is 24.3 Å². The highest BCUT2D eigenvalue weighted by atomic mass is 19.2. The van der Waals surface area contributed by atoms with Gasteiger partial charge in [-0.1, -0.05) is 12.1 Å². The zero-order chi connectivity index (χ0) is 37.8. The molecule has 13 heteroatoms. The zero-order valence-corrected chi connectivity index (χ0v) is 30.8. The number of piperidine rings is 1. The van der Waals surface area contributed by atoms with Crippen molar-refractivity contribution in [1.82, 2.24) is 15.5 Å². The lowest BCUT2D eigenvalue weighted by Crippen LogP contribution is -2.49. The summed E-state index contributed by atoms with van der Waals surface area (Å²) in [6.45, 7) is 8.70. The van der Waals surface area contributed by atoms with Crippen LogP contribution in [0.15, 0.2) is 65.4 Å². The normalized spacial score (nSPS) is 20.7. The maximum atomic E-state index is 14.9. The Balaban J connectivity index is 0.981. The Bertz CT molecular complexity index is 2040. The number of nitrogens with one attached hydrogen (secondary N) is 1. The summed E-state index contributed by atoms with van der Waals surface area (Å²) in [4.78, 5) is 33.6. The minimum absolute atomic E-state index is 0.123. The number of nitrogens with zero attached hydrogens (tertiary/aromatic N) is 5. The molecule has 4 heterocycles. The molecule has 1 spiro atoms. The molecular weight excluding hydrogens is 697 g/mol. The summed E-state index contributed by atoms with van der Waals surface area (Å²) in [6, 6.07) is 14.3. The Morgan fingerprint density at radius 2 is 1.81 bits per heavy atom. The third-order valence-electron chi connectivity index (χ3n) is 11.6. The van der Waals surface area contributed by atoms with Crippen molar-refractivity contribution in [3.05, 3.63) is 101 Å². The van der Waals surface area contributed by atoms with Crippen LogP contribution in [0.5, 0.6) is 0 Å². The minimum Gasteiger partial charge on any atom is -0.443 e. The van der Waals surface area contributed by atoms with Gasteiger partial charge in [0.1, 0.15) is 17.5 Å². The lowest BCUT2D eigenvalue weighted by molar-refractivity contribution is -0.122. The van der Waals surface area contributed by atoms with Crippen LogP contribution >= 0.6 is 0 Å². The average molecular weight is 743 g/mol. The molecule has 0 radical (unpaired) electrons. The smallest absolute Gasteiger partial charge is 0.414 e. The second-order valence-electron chi connectivity index (χ2n) is 16.2. The van der Waals surface area contributed by atoms with E-state index in [0.29, 0.717) is 18.5 Å². The van der Waals surface area contributed by atoms with E-state index < -0.39 is 23.3 Å². The summed E-state index contributed by atoms with van der Waals surface area (Å²) < 4.78 is 53.7. The summed E-state index contributed by atoms with van der Waals surface area (Å²) in [5, 5.41) is 10.7. The number of carbonyl (C=O) groups excluding carboxylic acids is 2. The van der Waals surface area contributed by atoms with Gasteiger partial charge in [0.15, 0.2) is 11.6 Å². The van der Waals surface area contributed by atoms with Crippen molar-refractivity contribution in [3.63, 3.8) is 0 Å². The van der Waals surface area contributed by atoms with E-state index in [4.69, 9.17) is 9.15 Å². The molecule has 1 aliphatic carbocycles. The summed E-state index contributed by atoms with van der Waals surface area (Å²) in [5.74, 6) is -2.48. The van der Waals surface area contributed by atoms with E-state index in [1.54, 1.807) is 11.0 Å². The van der Waals surface area contributed by atoms with E-state index in [1.807, 2.05) is 32.9 Å². The molecule has 10 nitrogen and oxygen atoms in total. The van der Waals surface area contributed by atoms with Crippen LogP contribution in [0.25, 0.3) is 0 Å². The van der Waals surface area contributed by atoms with Crippen LogP contribution in [0.1, 0.15) is 93.8 Å². The number of benzene rings is 3. The maximum absolute atomic E-state index is 14.9. The molecule has 3 atom stereocenters. The van der Waals surface area contributed by atoms with E-state index in [-0.39, 0.29) is 53.9 Å². The van der Waals surface area contributed by atoms with Crippen LogP contribution in [0.3, 0.4) is 0 Å². The number of aromatic nitrogens is 2. The van der Waals surface area contributed by atoms with E-state index in [0.717, 1.165) is 92.0 Å². The average Bonchev–Trinajstić information content (AvgIpc) is 3.90. The largest absolute Gasteiger partial charge is 0.443 e. The number of carbonyl (C=O) groups is 2. The molecule has 4 aliphatic rings. The van der Waals surface area contributed by atoms with Crippen molar-refractivity contribution in [3.8, 4) is 0 Å². The van der Waals surface area contributed by atoms with Crippen molar-refractivity contribution in [2.75, 3.05) is 40.9 Å². The Morgan fingerprint density at radius 1 is 1.00 bits per heavy atom. The fourth-order valence-corrected chi connectivity index (χ4v) is 9.11. The molecule has 8 rings (SSSR count). The molecular formula is C41H45F3N6O4. The highest BCUT2D eigenvalue weighted by molar-refractivity contribution is 5.95. The van der Waals surface area contributed by atoms with Gasteiger partial charge in [-0.15, -0.1) is 10.2 Å². The molecule has 2 saturated heterocycles. The minimum atomic E-state index is -0.981. The molecule has 284 valence electrons. The number of amides is 2. The van der Waals surface area contributed by atoms with Gasteiger partial charge in [-0.05, 0) is 123 Å². The number of hydrogen-bond donors (Lipinski definition) is 1. The standard InChI is InChI=1S/C41H45F3N6O4/c1-40(2,3)54-39(52)50-23-29-5-4-14-49(29)36-21-28(8-11-35(36)50)48-15-12-41(13-16-48)22-26(30-9-7-27(42)20-31(30)41)19-37(51)46-34(38-47-45-24-53-38)18-25-6-10-32(43)33(44)17-25/h6-11,17,20-21,24,26,29,34H,4-5,12-16,18-19,22-23H2,1-3H3,(H,46,51)/t26-,29+,34-/m1/s1. The van der Waals surface area contributed by atoms with Crippen LogP contribution in [-0.4, -0.2) is 60.0 Å². The SMILES string of the molecule is CC(C)(C)OC(=O)N1C[C@@H]2CCCN2c2cc(N3CCC4(CC3)C[C@@H](CC(=O)N[C@H](Cc3ccc(F)c(F)c3)c3nnco3)c3ccc(F)cc34)ccc21. The number of rotatable bonds is 7. The van der Waals surface area contributed by atoms with Crippen LogP contribution < -0.4 is 20.0 Å². The molecule has 1 N–H and O–H groups in total. The molecule has 0 unspecified atom stereocenters. The number of halogens is 3. The molecule has 0 bridgehead atoms. The number of anilines is 3. The van der Waals surface area contributed by atoms with Crippen molar-refractivity contribution in [1.29, 1.82) is 0 Å². The second-order valence-corrected chi connectivity index (χ2v) is 16.2. The topological polar surface area (TPSA) is 104 Å². The quantitative estimate of drug-likeness (QED) is 0.205. The fourth-order valence-electron chi connectivity index (χ4n) is 9.11. The first-order valence-corrected chi connectivity index (χ1v) is 18.8. The monoisotopic (exact) mass is 742 g/mol. The molecule has 54 heavy (non-hydrogen) atoms. The third-order valence-corrected chi connectivity index (χ3v) is 11.6. The number of fused-ring (bicyclic) bond motifs is 5. The molecule has 0 saturated carbocycles. The summed E-state index contributed by atoms with van der Waals surface area (Å²) in [7, 11) is 0. The molecule has 1 aromatic heterocycles. The highest BCUT2D eigenvalue weighted by Crippen LogP contribution is 2.53. The van der Waals surface area contributed by atoms with E-state index >= 15 is 0 Å². The Hall–Kier alpha value is -5.07. The van der Waals surface area contributed by atoms with Gasteiger partial charge in [-0.2, -0.15) is 0 Å². The first-order chi connectivity index (χ1) is 25.9. The molecule has 3 aliphatic heterocycles. The Morgan fingerprint density at radius 3 is 2.56 bits per heavy atom. The first-order valence-electron chi connectivity index (χ1n) is 18.8. The van der Waals surface area contributed by atoms with Gasteiger partial charge in [-0.3, -0.25) is 9.69 Å². The predicted octanol–water partition coefficient (Wildman–Crippen LogP) is 7.73. The molecule has 3 aromatic carbocycles. The van der Waals surface area contributed by atoms with Crippen LogP contribution in [0.2, 0.25) is 0 Å². The Kier molecular flexibility index (Phi) is 9.30. The number of ether oxygens (including phenoxy) is 1. The van der Waals surface area contributed by atoms with Crippen LogP contribution in [0.4, 0.5) is 35.0 Å². The predicted molar refractivity (Wildman–Crippen MR) is 197 cm³/mol.